The lowest BCUT2D eigenvalue weighted by Crippen LogP contribution is -2.08. The first-order valence-corrected chi connectivity index (χ1v) is 6.91. The Balaban J connectivity index is 1.77. The van der Waals surface area contributed by atoms with Crippen LogP contribution in [-0.2, 0) is 4.79 Å². The number of anilines is 2. The molecule has 0 aliphatic carbocycles. The van der Waals surface area contributed by atoms with Crippen molar-refractivity contribution >= 4 is 34.3 Å². The second-order valence-electron chi connectivity index (χ2n) is 4.87. The molecule has 0 unspecified atom stereocenters. The minimum absolute atomic E-state index is 0.199. The van der Waals surface area contributed by atoms with Crippen LogP contribution in [-0.4, -0.2) is 10.9 Å². The molecule has 0 bridgehead atoms. The normalized spacial score (nSPS) is 10.9. The molecule has 3 N–H and O–H groups in total. The van der Waals surface area contributed by atoms with Crippen LogP contribution in [0.5, 0.6) is 0 Å². The number of hydrogen-bond donors (Lipinski definition) is 2. The van der Waals surface area contributed by atoms with Crippen molar-refractivity contribution in [1.29, 1.82) is 0 Å². The second-order valence-corrected chi connectivity index (χ2v) is 4.87. The molecule has 4 nitrogen and oxygen atoms in total. The lowest BCUT2D eigenvalue weighted by Gasteiger charge is -2.05. The summed E-state index contributed by atoms with van der Waals surface area (Å²) in [6, 6.07) is 16.8. The number of benzene rings is 2. The van der Waals surface area contributed by atoms with E-state index in [-0.39, 0.29) is 5.91 Å². The monoisotopic (exact) mass is 289 g/mol. The zero-order valence-electron chi connectivity index (χ0n) is 11.9. The molecule has 2 aromatic carbocycles. The van der Waals surface area contributed by atoms with Crippen molar-refractivity contribution in [2.45, 2.75) is 0 Å². The van der Waals surface area contributed by atoms with E-state index in [4.69, 9.17) is 5.73 Å². The Kier molecular flexibility index (Phi) is 3.83. The van der Waals surface area contributed by atoms with E-state index in [0.29, 0.717) is 11.4 Å². The number of nitrogens with one attached hydrogen (secondary N) is 1. The molecule has 0 aliphatic heterocycles. The Bertz CT molecular complexity index is 833. The number of nitrogens with two attached hydrogens (primary N) is 1. The molecule has 0 saturated carbocycles. The average Bonchev–Trinajstić information content (AvgIpc) is 2.55. The number of rotatable bonds is 3. The molecule has 0 fully saturated rings. The van der Waals surface area contributed by atoms with E-state index in [9.17, 15) is 4.79 Å². The van der Waals surface area contributed by atoms with Gasteiger partial charge in [-0.15, -0.1) is 0 Å². The lowest BCUT2D eigenvalue weighted by molar-refractivity contribution is -0.111. The Morgan fingerprint density at radius 1 is 1.05 bits per heavy atom. The van der Waals surface area contributed by atoms with Gasteiger partial charge in [0, 0.05) is 23.3 Å². The van der Waals surface area contributed by atoms with Crippen molar-refractivity contribution in [2.24, 2.45) is 0 Å². The van der Waals surface area contributed by atoms with Crippen LogP contribution in [0, 0.1) is 0 Å². The minimum Gasteiger partial charge on any atom is -0.399 e. The molecule has 1 aromatic heterocycles. The summed E-state index contributed by atoms with van der Waals surface area (Å²) in [5.74, 6) is -0.199. The SMILES string of the molecule is Nc1ccc(/C=C/C(=O)Nc2cccc3cccnc23)cc1. The average molecular weight is 289 g/mol. The van der Waals surface area contributed by atoms with Crippen molar-refractivity contribution in [3.05, 3.63) is 72.4 Å². The van der Waals surface area contributed by atoms with Crippen LogP contribution in [0.1, 0.15) is 5.56 Å². The van der Waals surface area contributed by atoms with E-state index < -0.39 is 0 Å². The van der Waals surface area contributed by atoms with Crippen molar-refractivity contribution in [3.63, 3.8) is 0 Å². The summed E-state index contributed by atoms with van der Waals surface area (Å²) in [5, 5.41) is 3.84. The number of pyridine rings is 1. The third kappa shape index (κ3) is 3.12. The fourth-order valence-electron chi connectivity index (χ4n) is 2.16. The van der Waals surface area contributed by atoms with E-state index in [0.717, 1.165) is 16.5 Å². The van der Waals surface area contributed by atoms with Crippen LogP contribution in [0.3, 0.4) is 0 Å². The topological polar surface area (TPSA) is 68.0 Å². The highest BCUT2D eigenvalue weighted by Gasteiger charge is 2.03. The van der Waals surface area contributed by atoms with Crippen LogP contribution >= 0.6 is 0 Å². The quantitative estimate of drug-likeness (QED) is 0.573. The molecule has 0 spiro atoms. The van der Waals surface area contributed by atoms with Gasteiger partial charge in [0.15, 0.2) is 0 Å². The van der Waals surface area contributed by atoms with Crippen LogP contribution in [0.2, 0.25) is 0 Å². The Morgan fingerprint density at radius 3 is 2.64 bits per heavy atom. The van der Waals surface area contributed by atoms with Crippen LogP contribution in [0.25, 0.3) is 17.0 Å². The number of carbonyl (C=O) groups is 1. The maximum absolute atomic E-state index is 12.0. The number of para-hydroxylation sites is 1. The molecule has 4 heteroatoms. The number of nitrogen functional groups attached to an aromatic ring is 1. The van der Waals surface area contributed by atoms with Crippen molar-refractivity contribution in [1.82, 2.24) is 4.98 Å². The number of nitrogens with zero attached hydrogens (tertiary/aromatic N) is 1. The summed E-state index contributed by atoms with van der Waals surface area (Å²) in [4.78, 5) is 16.4. The summed E-state index contributed by atoms with van der Waals surface area (Å²) in [6.45, 7) is 0. The first-order chi connectivity index (χ1) is 10.7. The molecular weight excluding hydrogens is 274 g/mol. The Labute approximate surface area is 128 Å². The van der Waals surface area contributed by atoms with Gasteiger partial charge in [0.25, 0.3) is 0 Å². The van der Waals surface area contributed by atoms with E-state index in [2.05, 4.69) is 10.3 Å². The van der Waals surface area contributed by atoms with Gasteiger partial charge in [-0.3, -0.25) is 9.78 Å². The number of amides is 1. The van der Waals surface area contributed by atoms with Crippen LogP contribution < -0.4 is 11.1 Å². The van der Waals surface area contributed by atoms with Crippen molar-refractivity contribution in [3.8, 4) is 0 Å². The fraction of sp³-hybridized carbons (Fsp3) is 0. The smallest absolute Gasteiger partial charge is 0.248 e. The molecular formula is C18H15N3O. The Morgan fingerprint density at radius 2 is 1.82 bits per heavy atom. The van der Waals surface area contributed by atoms with Crippen LogP contribution in [0.15, 0.2) is 66.9 Å². The van der Waals surface area contributed by atoms with Gasteiger partial charge < -0.3 is 11.1 Å². The molecule has 3 rings (SSSR count). The molecule has 22 heavy (non-hydrogen) atoms. The maximum Gasteiger partial charge on any atom is 0.248 e. The maximum atomic E-state index is 12.0. The van der Waals surface area contributed by atoms with Gasteiger partial charge in [-0.1, -0.05) is 30.3 Å². The number of fused-ring (bicyclic) bond motifs is 1. The number of hydrogen-bond acceptors (Lipinski definition) is 3. The summed E-state index contributed by atoms with van der Waals surface area (Å²) in [6.07, 6.45) is 4.95. The molecule has 1 amide bonds. The third-order valence-corrected chi connectivity index (χ3v) is 3.25. The molecule has 0 radical (unpaired) electrons. The molecule has 0 aliphatic rings. The largest absolute Gasteiger partial charge is 0.399 e. The predicted molar refractivity (Wildman–Crippen MR) is 90.3 cm³/mol. The van der Waals surface area contributed by atoms with E-state index >= 15 is 0 Å². The van der Waals surface area contributed by atoms with Gasteiger partial charge in [-0.05, 0) is 35.9 Å². The van der Waals surface area contributed by atoms with Gasteiger partial charge in [-0.25, -0.2) is 0 Å². The summed E-state index contributed by atoms with van der Waals surface area (Å²) < 4.78 is 0. The standard InChI is InChI=1S/C18H15N3O/c19-15-9-6-13(7-10-15)8-11-17(22)21-16-5-1-3-14-4-2-12-20-18(14)16/h1-12H,19H2,(H,21,22)/b11-8+. The molecule has 3 aromatic rings. The Hall–Kier alpha value is -3.14. The highest BCUT2D eigenvalue weighted by atomic mass is 16.1. The van der Waals surface area contributed by atoms with E-state index in [1.165, 1.54) is 6.08 Å². The first-order valence-electron chi connectivity index (χ1n) is 6.91. The lowest BCUT2D eigenvalue weighted by atomic mass is 10.2. The van der Waals surface area contributed by atoms with Crippen LogP contribution in [0.4, 0.5) is 11.4 Å². The molecule has 108 valence electrons. The summed E-state index contributed by atoms with van der Waals surface area (Å²) >= 11 is 0. The van der Waals surface area contributed by atoms with Gasteiger partial charge in [0.1, 0.15) is 0 Å². The fourth-order valence-corrected chi connectivity index (χ4v) is 2.16. The van der Waals surface area contributed by atoms with Gasteiger partial charge in [0.05, 0.1) is 11.2 Å². The first kappa shape index (κ1) is 13.8. The highest BCUT2D eigenvalue weighted by Crippen LogP contribution is 2.20. The highest BCUT2D eigenvalue weighted by molar-refractivity contribution is 6.06. The van der Waals surface area contributed by atoms with E-state index in [1.807, 2.05) is 42.5 Å². The summed E-state index contributed by atoms with van der Waals surface area (Å²) in [7, 11) is 0. The number of aromatic nitrogens is 1. The van der Waals surface area contributed by atoms with Gasteiger partial charge in [0.2, 0.25) is 5.91 Å². The molecule has 0 saturated heterocycles. The predicted octanol–water partition coefficient (Wildman–Crippen LogP) is 3.47. The molecule has 0 atom stereocenters. The van der Waals surface area contributed by atoms with Crippen molar-refractivity contribution in [2.75, 3.05) is 11.1 Å². The zero-order chi connectivity index (χ0) is 15.4. The zero-order valence-corrected chi connectivity index (χ0v) is 11.9. The van der Waals surface area contributed by atoms with Crippen molar-refractivity contribution < 1.29 is 4.79 Å². The number of carbonyl (C=O) groups excluding carboxylic acids is 1. The van der Waals surface area contributed by atoms with E-state index in [1.54, 1.807) is 24.4 Å². The summed E-state index contributed by atoms with van der Waals surface area (Å²) in [5.41, 5.74) is 8.72. The third-order valence-electron chi connectivity index (χ3n) is 3.25. The van der Waals surface area contributed by atoms with Gasteiger partial charge >= 0.3 is 0 Å². The second kappa shape index (κ2) is 6.10. The van der Waals surface area contributed by atoms with Gasteiger partial charge in [-0.2, -0.15) is 0 Å². The minimum atomic E-state index is -0.199. The molecule has 1 heterocycles.